The summed E-state index contributed by atoms with van der Waals surface area (Å²) >= 11 is 0. The van der Waals surface area contributed by atoms with E-state index < -0.39 is 59.7 Å². The van der Waals surface area contributed by atoms with Crippen LogP contribution in [0.3, 0.4) is 0 Å². The number of rotatable bonds is 12. The van der Waals surface area contributed by atoms with Gasteiger partial charge in [0, 0.05) is 19.4 Å². The highest BCUT2D eigenvalue weighted by molar-refractivity contribution is 5.97. The fourth-order valence-corrected chi connectivity index (χ4v) is 6.04. The molecule has 6 amide bonds. The maximum Gasteiger partial charge on any atom is 0.245 e. The van der Waals surface area contributed by atoms with Gasteiger partial charge in [-0.05, 0) is 54.4 Å². The van der Waals surface area contributed by atoms with Crippen LogP contribution in [0.1, 0.15) is 92.1 Å². The maximum absolute atomic E-state index is 14.1. The van der Waals surface area contributed by atoms with Crippen LogP contribution >= 0.6 is 0 Å². The number of carbonyl (C=O) groups is 6. The summed E-state index contributed by atoms with van der Waals surface area (Å²) in [5.74, 6) is -3.24. The van der Waals surface area contributed by atoms with Crippen LogP contribution < -0.4 is 31.9 Å². The molecule has 0 radical (unpaired) electrons. The van der Waals surface area contributed by atoms with Crippen LogP contribution in [0.5, 0.6) is 0 Å². The molecular weight excluding hydrogens is 636 g/mol. The second-order valence-electron chi connectivity index (χ2n) is 14.2. The van der Waals surface area contributed by atoms with Crippen molar-refractivity contribution in [2.45, 2.75) is 123 Å². The summed E-state index contributed by atoms with van der Waals surface area (Å²) in [5, 5.41) is 18.5. The Kier molecular flexibility index (Phi) is 15.7. The van der Waals surface area contributed by atoms with Crippen molar-refractivity contribution >= 4 is 46.2 Å². The van der Waals surface area contributed by atoms with Crippen LogP contribution in [0.25, 0.3) is 10.8 Å². The highest BCUT2D eigenvalue weighted by atomic mass is 16.2. The van der Waals surface area contributed by atoms with Crippen molar-refractivity contribution in [2.24, 2.45) is 11.8 Å². The molecule has 0 unspecified atom stereocenters. The first kappa shape index (κ1) is 40.0. The van der Waals surface area contributed by atoms with Crippen molar-refractivity contribution in [1.29, 1.82) is 0 Å². The van der Waals surface area contributed by atoms with Gasteiger partial charge in [0.1, 0.15) is 30.2 Å². The molecule has 1 fully saturated rings. The topological polar surface area (TPSA) is 175 Å². The molecule has 2 aromatic carbocycles. The molecule has 1 heterocycles. The number of unbranched alkanes of at least 4 members (excludes halogenated alkanes) is 3. The van der Waals surface area contributed by atoms with E-state index >= 15 is 0 Å². The van der Waals surface area contributed by atoms with Crippen LogP contribution in [0.2, 0.25) is 0 Å². The summed E-state index contributed by atoms with van der Waals surface area (Å²) < 4.78 is 0. The zero-order valence-corrected chi connectivity index (χ0v) is 30.4. The molecule has 2 aromatic rings. The second kappa shape index (κ2) is 19.6. The van der Waals surface area contributed by atoms with E-state index in [1.807, 2.05) is 70.2 Å². The molecule has 1 aliphatic heterocycles. The largest absolute Gasteiger partial charge is 0.352 e. The summed E-state index contributed by atoms with van der Waals surface area (Å²) in [6.45, 7) is 11.0. The molecule has 0 aromatic heterocycles. The monoisotopic (exact) mass is 692 g/mol. The van der Waals surface area contributed by atoms with E-state index in [4.69, 9.17) is 0 Å². The van der Waals surface area contributed by atoms with E-state index in [9.17, 15) is 28.8 Å². The summed E-state index contributed by atoms with van der Waals surface area (Å²) in [4.78, 5) is 81.4. The van der Waals surface area contributed by atoms with Gasteiger partial charge in [0.05, 0.1) is 0 Å². The molecule has 0 spiro atoms. The number of nitrogens with one attached hydrogen (secondary N) is 6. The van der Waals surface area contributed by atoms with Gasteiger partial charge < -0.3 is 31.9 Å². The van der Waals surface area contributed by atoms with Gasteiger partial charge in [-0.2, -0.15) is 0 Å². The molecule has 3 rings (SSSR count). The van der Waals surface area contributed by atoms with Crippen molar-refractivity contribution in [3.8, 4) is 0 Å². The first-order valence-electron chi connectivity index (χ1n) is 18.0. The van der Waals surface area contributed by atoms with E-state index in [1.54, 1.807) is 0 Å². The molecule has 0 aliphatic carbocycles. The average molecular weight is 693 g/mol. The molecule has 0 saturated carbocycles. The lowest BCUT2D eigenvalue weighted by Gasteiger charge is -2.29. The summed E-state index contributed by atoms with van der Waals surface area (Å²) in [7, 11) is 0. The van der Waals surface area contributed by atoms with Gasteiger partial charge in [0.25, 0.3) is 0 Å². The standard InChI is InChI=1S/C38H56N6O6/c1-7-8-9-10-18-33(45)41-32-22-39-35(47)29(19-23(2)3)42-34(46)25(6)40-36(48)30(20-24(4)5)43-37(49)31(44-38(32)50)21-27-16-13-15-26-14-11-12-17-28(26)27/h11-17,23-25,29-32H,7-10,18-22H2,1-6H3,(H,39,47)(H,40,48)(H,41,45)(H,42,46)(H,43,49)(H,44,50)/t25-,29-,30-,31-,32-/m1/s1. The lowest BCUT2D eigenvalue weighted by atomic mass is 9.97. The second-order valence-corrected chi connectivity index (χ2v) is 14.2. The van der Waals surface area contributed by atoms with Crippen LogP contribution in [0, 0.1) is 11.8 Å². The molecule has 12 nitrogen and oxygen atoms in total. The van der Waals surface area contributed by atoms with Gasteiger partial charge in [-0.25, -0.2) is 0 Å². The summed E-state index contributed by atoms with van der Waals surface area (Å²) in [6.07, 6.45) is 4.37. The minimum absolute atomic E-state index is 0.00271. The lowest BCUT2D eigenvalue weighted by molar-refractivity contribution is -0.136. The Morgan fingerprint density at radius 1 is 0.720 bits per heavy atom. The zero-order chi connectivity index (χ0) is 36.8. The van der Waals surface area contributed by atoms with Crippen LogP contribution in [-0.2, 0) is 35.2 Å². The van der Waals surface area contributed by atoms with E-state index in [0.29, 0.717) is 12.8 Å². The SMILES string of the molecule is CCCCCCC(=O)N[C@@H]1CNC(=O)[C@@H](CC(C)C)NC(=O)[C@@H](C)NC(=O)[C@@H](CC(C)C)NC(=O)[C@@H](Cc2cccc3ccccc23)NC1=O. The third-order valence-corrected chi connectivity index (χ3v) is 8.76. The number of benzene rings is 2. The number of hydrogen-bond acceptors (Lipinski definition) is 6. The van der Waals surface area contributed by atoms with E-state index in [2.05, 4.69) is 38.8 Å². The zero-order valence-electron chi connectivity index (χ0n) is 30.4. The van der Waals surface area contributed by atoms with E-state index in [1.165, 1.54) is 6.92 Å². The number of hydrogen-bond donors (Lipinski definition) is 6. The quantitative estimate of drug-likeness (QED) is 0.187. The molecule has 6 N–H and O–H groups in total. The Bertz CT molecular complexity index is 1490. The minimum atomic E-state index is -1.21. The molecule has 5 atom stereocenters. The predicted molar refractivity (Wildman–Crippen MR) is 194 cm³/mol. The first-order chi connectivity index (χ1) is 23.8. The van der Waals surface area contributed by atoms with Crippen molar-refractivity contribution in [1.82, 2.24) is 31.9 Å². The van der Waals surface area contributed by atoms with Gasteiger partial charge in [-0.1, -0.05) is 96.3 Å². The summed E-state index contributed by atoms with van der Waals surface area (Å²) in [5.41, 5.74) is 0.800. The molecule has 50 heavy (non-hydrogen) atoms. The van der Waals surface area contributed by atoms with Crippen molar-refractivity contribution < 1.29 is 28.8 Å². The molecule has 1 saturated heterocycles. The van der Waals surface area contributed by atoms with Crippen LogP contribution in [0.15, 0.2) is 42.5 Å². The molecule has 0 bridgehead atoms. The van der Waals surface area contributed by atoms with Gasteiger partial charge >= 0.3 is 0 Å². The van der Waals surface area contributed by atoms with Crippen LogP contribution in [0.4, 0.5) is 0 Å². The smallest absolute Gasteiger partial charge is 0.245 e. The minimum Gasteiger partial charge on any atom is -0.352 e. The first-order valence-corrected chi connectivity index (χ1v) is 18.0. The highest BCUT2D eigenvalue weighted by Crippen LogP contribution is 2.20. The fourth-order valence-electron chi connectivity index (χ4n) is 6.04. The Morgan fingerprint density at radius 2 is 1.32 bits per heavy atom. The normalized spacial score (nSPS) is 22.8. The van der Waals surface area contributed by atoms with Gasteiger partial charge in [0.2, 0.25) is 35.4 Å². The third kappa shape index (κ3) is 12.4. The van der Waals surface area contributed by atoms with Gasteiger partial charge in [0.15, 0.2) is 0 Å². The van der Waals surface area contributed by atoms with E-state index in [-0.39, 0.29) is 43.6 Å². The van der Waals surface area contributed by atoms with Crippen molar-refractivity contribution in [3.63, 3.8) is 0 Å². The number of carbonyl (C=O) groups excluding carboxylic acids is 6. The van der Waals surface area contributed by atoms with Gasteiger partial charge in [-0.15, -0.1) is 0 Å². The molecule has 274 valence electrons. The molecule has 12 heteroatoms. The number of fused-ring (bicyclic) bond motifs is 1. The van der Waals surface area contributed by atoms with Crippen molar-refractivity contribution in [2.75, 3.05) is 6.54 Å². The van der Waals surface area contributed by atoms with Crippen molar-refractivity contribution in [3.05, 3.63) is 48.0 Å². The van der Waals surface area contributed by atoms with Crippen LogP contribution in [-0.4, -0.2) is 72.2 Å². The highest BCUT2D eigenvalue weighted by Gasteiger charge is 2.33. The Morgan fingerprint density at radius 3 is 2.00 bits per heavy atom. The fraction of sp³-hybridized carbons (Fsp3) is 0.579. The third-order valence-electron chi connectivity index (χ3n) is 8.76. The van der Waals surface area contributed by atoms with Gasteiger partial charge in [-0.3, -0.25) is 28.8 Å². The average Bonchev–Trinajstić information content (AvgIpc) is 3.06. The Hall–Kier alpha value is -4.48. The van der Waals surface area contributed by atoms with E-state index in [0.717, 1.165) is 35.6 Å². The number of amides is 6. The maximum atomic E-state index is 14.1. The molecular formula is C38H56N6O6. The predicted octanol–water partition coefficient (Wildman–Crippen LogP) is 3.02. The summed E-state index contributed by atoms with van der Waals surface area (Å²) in [6, 6.07) is 8.10. The Labute approximate surface area is 296 Å². The lowest BCUT2D eigenvalue weighted by Crippen LogP contribution is -2.61. The molecule has 1 aliphatic rings. The Balaban J connectivity index is 2.03.